The van der Waals surface area contributed by atoms with Crippen molar-refractivity contribution in [1.29, 1.82) is 5.26 Å². The molecule has 2 fully saturated rings. The van der Waals surface area contributed by atoms with Gasteiger partial charge in [0.15, 0.2) is 5.54 Å². The van der Waals surface area contributed by atoms with E-state index in [1.165, 1.54) is 30.6 Å². The zero-order valence-electron chi connectivity index (χ0n) is 14.0. The lowest BCUT2D eigenvalue weighted by atomic mass is 9.82. The van der Waals surface area contributed by atoms with Crippen LogP contribution in [0.2, 0.25) is 0 Å². The number of carbonyl (C=O) groups excluding carboxylic acids is 1. The molecule has 130 valence electrons. The molecule has 6 nitrogen and oxygen atoms in total. The van der Waals surface area contributed by atoms with E-state index in [9.17, 15) is 10.1 Å². The van der Waals surface area contributed by atoms with Crippen molar-refractivity contribution in [3.05, 3.63) is 34.3 Å². The van der Waals surface area contributed by atoms with E-state index in [1.54, 1.807) is 4.68 Å². The molecule has 4 rings (SSSR count). The standard InChI is InChI=1S/C18H21N5OS/c19-12-18(8-9-18)23-11-14(21-22-23)16(13-5-2-1-3-6-13)20-17(24)15-7-4-10-25-15/h4,7,10-11,13,16H,1-3,5-6,8-9H2,(H,20,24)/t16-/m0/s1. The summed E-state index contributed by atoms with van der Waals surface area (Å²) < 4.78 is 1.69. The van der Waals surface area contributed by atoms with Crippen molar-refractivity contribution in [2.75, 3.05) is 0 Å². The zero-order chi connectivity index (χ0) is 17.3. The van der Waals surface area contributed by atoms with E-state index < -0.39 is 5.54 Å². The Balaban J connectivity index is 1.59. The lowest BCUT2D eigenvalue weighted by Gasteiger charge is -2.29. The summed E-state index contributed by atoms with van der Waals surface area (Å²) in [6, 6.07) is 5.92. The van der Waals surface area contributed by atoms with Crippen LogP contribution in [0.1, 0.15) is 66.4 Å². The Kier molecular flexibility index (Phi) is 4.30. The molecule has 0 spiro atoms. The third-order valence-corrected chi connectivity index (χ3v) is 6.22. The molecule has 2 aromatic rings. The molecule has 2 aliphatic carbocycles. The van der Waals surface area contributed by atoms with Crippen molar-refractivity contribution < 1.29 is 4.79 Å². The van der Waals surface area contributed by atoms with Gasteiger partial charge in [0.05, 0.1) is 23.2 Å². The highest BCUT2D eigenvalue weighted by Gasteiger charge is 2.47. The Bertz CT molecular complexity index is 781. The molecule has 0 radical (unpaired) electrons. The second-order valence-corrected chi connectivity index (χ2v) is 8.01. The molecule has 1 amide bonds. The van der Waals surface area contributed by atoms with Gasteiger partial charge in [-0.15, -0.1) is 16.4 Å². The lowest BCUT2D eigenvalue weighted by molar-refractivity contribution is 0.0915. The van der Waals surface area contributed by atoms with Gasteiger partial charge in [0.1, 0.15) is 5.69 Å². The van der Waals surface area contributed by atoms with Gasteiger partial charge in [-0.25, -0.2) is 4.68 Å². The van der Waals surface area contributed by atoms with Crippen LogP contribution in [0.3, 0.4) is 0 Å². The predicted octanol–water partition coefficient (Wildman–Crippen LogP) is 3.40. The third-order valence-electron chi connectivity index (χ3n) is 5.35. The quantitative estimate of drug-likeness (QED) is 0.891. The van der Waals surface area contributed by atoms with Gasteiger partial charge < -0.3 is 5.32 Å². The minimum absolute atomic E-state index is 0.0541. The monoisotopic (exact) mass is 355 g/mol. The van der Waals surface area contributed by atoms with Crippen molar-refractivity contribution in [2.24, 2.45) is 5.92 Å². The van der Waals surface area contributed by atoms with Gasteiger partial charge in [0.25, 0.3) is 5.91 Å². The largest absolute Gasteiger partial charge is 0.343 e. The van der Waals surface area contributed by atoms with Crippen LogP contribution in [0.5, 0.6) is 0 Å². The fraction of sp³-hybridized carbons (Fsp3) is 0.556. The third kappa shape index (κ3) is 3.19. The Morgan fingerprint density at radius 1 is 1.40 bits per heavy atom. The molecule has 7 heteroatoms. The summed E-state index contributed by atoms with van der Waals surface area (Å²) in [5, 5.41) is 23.0. The Morgan fingerprint density at radius 3 is 2.84 bits per heavy atom. The summed E-state index contributed by atoms with van der Waals surface area (Å²) in [7, 11) is 0. The number of hydrogen-bond acceptors (Lipinski definition) is 5. The molecule has 2 saturated carbocycles. The predicted molar refractivity (Wildman–Crippen MR) is 93.9 cm³/mol. The average Bonchev–Trinajstić information content (AvgIpc) is 3.05. The van der Waals surface area contributed by atoms with Crippen LogP contribution in [0.15, 0.2) is 23.7 Å². The number of nitrogens with zero attached hydrogens (tertiary/aromatic N) is 4. The normalized spacial score (nSPS) is 20.6. The van der Waals surface area contributed by atoms with Gasteiger partial charge in [0.2, 0.25) is 0 Å². The van der Waals surface area contributed by atoms with Crippen molar-refractivity contribution >= 4 is 17.2 Å². The van der Waals surface area contributed by atoms with E-state index in [0.29, 0.717) is 10.8 Å². The minimum atomic E-state index is -0.514. The van der Waals surface area contributed by atoms with Gasteiger partial charge in [-0.1, -0.05) is 30.5 Å². The van der Waals surface area contributed by atoms with Crippen LogP contribution < -0.4 is 5.32 Å². The van der Waals surface area contributed by atoms with Crippen LogP contribution in [-0.4, -0.2) is 20.9 Å². The second kappa shape index (κ2) is 6.60. The highest BCUT2D eigenvalue weighted by atomic mass is 32.1. The van der Waals surface area contributed by atoms with E-state index in [4.69, 9.17) is 0 Å². The van der Waals surface area contributed by atoms with Gasteiger partial charge >= 0.3 is 0 Å². The molecular formula is C18H21N5OS. The first-order valence-corrected chi connectivity index (χ1v) is 9.78. The van der Waals surface area contributed by atoms with Crippen molar-refractivity contribution in [3.8, 4) is 6.07 Å². The zero-order valence-corrected chi connectivity index (χ0v) is 14.8. The van der Waals surface area contributed by atoms with Gasteiger partial charge in [-0.05, 0) is 43.0 Å². The van der Waals surface area contributed by atoms with Crippen molar-refractivity contribution in [2.45, 2.75) is 56.5 Å². The number of nitrogens with one attached hydrogen (secondary N) is 1. The summed E-state index contributed by atoms with van der Waals surface area (Å²) in [5.41, 5.74) is 0.262. The summed E-state index contributed by atoms with van der Waals surface area (Å²) in [5.74, 6) is 0.321. The average molecular weight is 355 g/mol. The molecule has 0 unspecified atom stereocenters. The lowest BCUT2D eigenvalue weighted by Crippen LogP contribution is -2.34. The maximum atomic E-state index is 12.6. The first kappa shape index (κ1) is 16.3. The second-order valence-electron chi connectivity index (χ2n) is 7.06. The van der Waals surface area contributed by atoms with Gasteiger partial charge in [-0.3, -0.25) is 4.79 Å². The van der Waals surface area contributed by atoms with Gasteiger partial charge in [0, 0.05) is 0 Å². The van der Waals surface area contributed by atoms with E-state index in [1.807, 2.05) is 23.7 Å². The maximum absolute atomic E-state index is 12.6. The Morgan fingerprint density at radius 2 is 2.20 bits per heavy atom. The number of aromatic nitrogens is 3. The first-order chi connectivity index (χ1) is 12.2. The molecule has 0 bridgehead atoms. The molecule has 2 aromatic heterocycles. The number of amides is 1. The molecule has 0 aromatic carbocycles. The van der Waals surface area contributed by atoms with Crippen molar-refractivity contribution in [1.82, 2.24) is 20.3 Å². The molecule has 2 heterocycles. The molecule has 1 N–H and O–H groups in total. The van der Waals surface area contributed by atoms with E-state index in [-0.39, 0.29) is 11.9 Å². The van der Waals surface area contributed by atoms with Crippen LogP contribution in [0.25, 0.3) is 0 Å². The fourth-order valence-corrected chi connectivity index (χ4v) is 4.29. The highest BCUT2D eigenvalue weighted by Crippen LogP contribution is 2.43. The number of rotatable bonds is 5. The van der Waals surface area contributed by atoms with Crippen LogP contribution in [-0.2, 0) is 5.54 Å². The fourth-order valence-electron chi connectivity index (χ4n) is 3.66. The van der Waals surface area contributed by atoms with Crippen LogP contribution in [0.4, 0.5) is 0 Å². The number of thiophene rings is 1. The Hall–Kier alpha value is -2.20. The summed E-state index contributed by atoms with van der Waals surface area (Å²) in [6.45, 7) is 0. The smallest absolute Gasteiger partial charge is 0.261 e. The van der Waals surface area contributed by atoms with Crippen molar-refractivity contribution in [3.63, 3.8) is 0 Å². The molecule has 1 atom stereocenters. The molecular weight excluding hydrogens is 334 g/mol. The van der Waals surface area contributed by atoms with Crippen LogP contribution >= 0.6 is 11.3 Å². The van der Waals surface area contributed by atoms with Gasteiger partial charge in [-0.2, -0.15) is 5.26 Å². The summed E-state index contributed by atoms with van der Waals surface area (Å²) in [6.07, 6.45) is 9.32. The highest BCUT2D eigenvalue weighted by molar-refractivity contribution is 7.12. The van der Waals surface area contributed by atoms with E-state index in [0.717, 1.165) is 31.4 Å². The summed E-state index contributed by atoms with van der Waals surface area (Å²) in [4.78, 5) is 13.3. The Labute approximate surface area is 150 Å². The molecule has 2 aliphatic rings. The van der Waals surface area contributed by atoms with E-state index >= 15 is 0 Å². The molecule has 0 saturated heterocycles. The summed E-state index contributed by atoms with van der Waals surface area (Å²) >= 11 is 1.44. The van der Waals surface area contributed by atoms with Crippen LogP contribution in [0, 0.1) is 17.2 Å². The maximum Gasteiger partial charge on any atom is 0.261 e. The van der Waals surface area contributed by atoms with E-state index in [2.05, 4.69) is 21.7 Å². The topological polar surface area (TPSA) is 83.6 Å². The molecule has 0 aliphatic heterocycles. The number of hydrogen-bond donors (Lipinski definition) is 1. The first-order valence-electron chi connectivity index (χ1n) is 8.90. The number of nitriles is 1. The minimum Gasteiger partial charge on any atom is -0.343 e. The SMILES string of the molecule is N#CC1(n2cc([C@@H](NC(=O)c3cccs3)C3CCCCC3)nn2)CC1. The number of carbonyl (C=O) groups is 1. The molecule has 25 heavy (non-hydrogen) atoms.